The Morgan fingerprint density at radius 2 is 1.25 bits per heavy atom. The molecule has 1 heterocycles. The van der Waals surface area contributed by atoms with E-state index in [1.165, 1.54) is 102 Å². The molecule has 0 atom stereocenters. The van der Waals surface area contributed by atoms with Crippen molar-refractivity contribution in [3.05, 3.63) is 28.5 Å². The van der Waals surface area contributed by atoms with E-state index in [2.05, 4.69) is 52.5 Å². The van der Waals surface area contributed by atoms with Gasteiger partial charge in [-0.25, -0.2) is 4.98 Å². The average Bonchev–Trinajstić information content (AvgIpc) is 3.02. The van der Waals surface area contributed by atoms with Gasteiger partial charge in [0.25, 0.3) is 0 Å². The van der Waals surface area contributed by atoms with Gasteiger partial charge in [0.1, 0.15) is 11.3 Å². The number of fused-ring (bicyclic) bond motifs is 1. The Kier molecular flexibility index (Phi) is 11.9. The molecule has 0 saturated carbocycles. The number of imidazole rings is 1. The van der Waals surface area contributed by atoms with Gasteiger partial charge in [-0.1, -0.05) is 103 Å². The summed E-state index contributed by atoms with van der Waals surface area (Å²) in [6.07, 6.45) is 21.2. The summed E-state index contributed by atoms with van der Waals surface area (Å²) in [4.78, 5) is 4.72. The SMILES string of the molecule is CCCCCCCCCCCCCCCCCn1c(C)nc2c(Br)cccc21. The highest BCUT2D eigenvalue weighted by atomic mass is 79.9. The molecule has 0 radical (unpaired) electrons. The molecule has 0 spiro atoms. The monoisotopic (exact) mass is 448 g/mol. The van der Waals surface area contributed by atoms with E-state index < -0.39 is 0 Å². The number of aryl methyl sites for hydroxylation is 2. The molecule has 0 unspecified atom stereocenters. The lowest BCUT2D eigenvalue weighted by Gasteiger charge is -2.07. The second-order valence-corrected chi connectivity index (χ2v) is 9.22. The lowest BCUT2D eigenvalue weighted by Crippen LogP contribution is -2.00. The molecule has 0 saturated heterocycles. The molecule has 2 nitrogen and oxygen atoms in total. The zero-order valence-corrected chi connectivity index (χ0v) is 19.9. The van der Waals surface area contributed by atoms with Gasteiger partial charge in [0.2, 0.25) is 0 Å². The van der Waals surface area contributed by atoms with E-state index in [4.69, 9.17) is 4.98 Å². The maximum absolute atomic E-state index is 4.72. The van der Waals surface area contributed by atoms with Gasteiger partial charge in [0.05, 0.1) is 5.52 Å². The van der Waals surface area contributed by atoms with Crippen LogP contribution in [0.25, 0.3) is 11.0 Å². The van der Waals surface area contributed by atoms with Crippen LogP contribution < -0.4 is 0 Å². The van der Waals surface area contributed by atoms with Crippen LogP contribution in [0.5, 0.6) is 0 Å². The third-order valence-corrected chi connectivity index (χ3v) is 6.55. The quantitative estimate of drug-likeness (QED) is 0.234. The second kappa shape index (κ2) is 14.2. The molecule has 0 aliphatic heterocycles. The van der Waals surface area contributed by atoms with E-state index in [-0.39, 0.29) is 0 Å². The Morgan fingerprint density at radius 1 is 0.750 bits per heavy atom. The summed E-state index contributed by atoms with van der Waals surface area (Å²) in [5.74, 6) is 1.13. The Morgan fingerprint density at radius 3 is 1.79 bits per heavy atom. The minimum Gasteiger partial charge on any atom is -0.328 e. The lowest BCUT2D eigenvalue weighted by molar-refractivity contribution is 0.522. The number of halogens is 1. The predicted octanol–water partition coefficient (Wildman–Crippen LogP) is 8.98. The minimum atomic E-state index is 1.09. The van der Waals surface area contributed by atoms with Crippen LogP contribution in [-0.4, -0.2) is 9.55 Å². The summed E-state index contributed by atoms with van der Waals surface area (Å²) in [7, 11) is 0. The fraction of sp³-hybridized carbons (Fsp3) is 0.720. The summed E-state index contributed by atoms with van der Waals surface area (Å²) in [5.41, 5.74) is 2.36. The maximum Gasteiger partial charge on any atom is 0.106 e. The van der Waals surface area contributed by atoms with E-state index in [1.807, 2.05) is 0 Å². The summed E-state index contributed by atoms with van der Waals surface area (Å²) < 4.78 is 3.48. The first-order chi connectivity index (χ1) is 13.7. The molecule has 158 valence electrons. The molecule has 1 aromatic carbocycles. The van der Waals surface area contributed by atoms with Crippen LogP contribution in [0.2, 0.25) is 0 Å². The van der Waals surface area contributed by atoms with Gasteiger partial charge >= 0.3 is 0 Å². The molecular formula is C25H41BrN2. The second-order valence-electron chi connectivity index (χ2n) is 8.37. The third kappa shape index (κ3) is 8.27. The number of aromatic nitrogens is 2. The molecular weight excluding hydrogens is 408 g/mol. The smallest absolute Gasteiger partial charge is 0.106 e. The van der Waals surface area contributed by atoms with Crippen molar-refractivity contribution in [2.75, 3.05) is 0 Å². The Balaban J connectivity index is 1.44. The van der Waals surface area contributed by atoms with Crippen LogP contribution in [0.1, 0.15) is 109 Å². The first-order valence-electron chi connectivity index (χ1n) is 11.9. The van der Waals surface area contributed by atoms with Gasteiger partial charge in [-0.3, -0.25) is 0 Å². The zero-order chi connectivity index (χ0) is 20.0. The first-order valence-corrected chi connectivity index (χ1v) is 12.6. The van der Waals surface area contributed by atoms with Crippen molar-refractivity contribution in [1.82, 2.24) is 9.55 Å². The molecule has 2 aromatic rings. The summed E-state index contributed by atoms with van der Waals surface area (Å²) in [6.45, 7) is 5.51. The number of nitrogens with zero attached hydrogens (tertiary/aromatic N) is 2. The molecule has 0 amide bonds. The van der Waals surface area contributed by atoms with E-state index in [0.29, 0.717) is 0 Å². The van der Waals surface area contributed by atoms with Gasteiger partial charge in [-0.15, -0.1) is 0 Å². The highest BCUT2D eigenvalue weighted by Crippen LogP contribution is 2.24. The normalized spacial score (nSPS) is 11.5. The van der Waals surface area contributed by atoms with Crippen LogP contribution in [0.4, 0.5) is 0 Å². The zero-order valence-electron chi connectivity index (χ0n) is 18.3. The third-order valence-electron chi connectivity index (χ3n) is 5.91. The van der Waals surface area contributed by atoms with E-state index >= 15 is 0 Å². The van der Waals surface area contributed by atoms with Gasteiger partial charge in [-0.05, 0) is 41.4 Å². The molecule has 0 bridgehead atoms. The molecule has 3 heteroatoms. The summed E-state index contributed by atoms with van der Waals surface area (Å²) >= 11 is 3.62. The number of rotatable bonds is 16. The van der Waals surface area contributed by atoms with Gasteiger partial charge in [0, 0.05) is 11.0 Å². The topological polar surface area (TPSA) is 17.8 Å². The van der Waals surface area contributed by atoms with Gasteiger partial charge in [-0.2, -0.15) is 0 Å². The number of hydrogen-bond acceptors (Lipinski definition) is 1. The first kappa shape index (κ1) is 23.4. The van der Waals surface area contributed by atoms with Crippen LogP contribution in [0, 0.1) is 6.92 Å². The van der Waals surface area contributed by atoms with Crippen molar-refractivity contribution in [2.24, 2.45) is 0 Å². The van der Waals surface area contributed by atoms with Gasteiger partial charge in [0.15, 0.2) is 0 Å². The largest absolute Gasteiger partial charge is 0.328 e. The lowest BCUT2D eigenvalue weighted by atomic mass is 10.0. The van der Waals surface area contributed by atoms with Crippen molar-refractivity contribution in [3.63, 3.8) is 0 Å². The van der Waals surface area contributed by atoms with Crippen LogP contribution in [0.15, 0.2) is 22.7 Å². The van der Waals surface area contributed by atoms with E-state index in [9.17, 15) is 0 Å². The van der Waals surface area contributed by atoms with E-state index in [0.717, 1.165) is 22.4 Å². The standard InChI is InChI=1S/C25H41BrN2/c1-3-4-5-6-7-8-9-10-11-12-13-14-15-16-17-21-28-22(2)27-25-23(26)19-18-20-24(25)28/h18-20H,3-17,21H2,1-2H3. The fourth-order valence-electron chi connectivity index (χ4n) is 4.15. The van der Waals surface area contributed by atoms with Crippen molar-refractivity contribution >= 4 is 27.0 Å². The Hall–Kier alpha value is -0.830. The molecule has 0 aliphatic carbocycles. The minimum absolute atomic E-state index is 1.09. The Bertz CT molecular complexity index is 662. The maximum atomic E-state index is 4.72. The highest BCUT2D eigenvalue weighted by molar-refractivity contribution is 9.10. The molecule has 0 aliphatic rings. The summed E-state index contributed by atoms with van der Waals surface area (Å²) in [5, 5.41) is 0. The molecule has 0 N–H and O–H groups in total. The van der Waals surface area contributed by atoms with Crippen LogP contribution >= 0.6 is 15.9 Å². The average molecular weight is 450 g/mol. The number of hydrogen-bond donors (Lipinski definition) is 0. The van der Waals surface area contributed by atoms with Crippen LogP contribution in [0.3, 0.4) is 0 Å². The van der Waals surface area contributed by atoms with E-state index in [1.54, 1.807) is 0 Å². The van der Waals surface area contributed by atoms with Crippen molar-refractivity contribution in [1.29, 1.82) is 0 Å². The number of para-hydroxylation sites is 1. The summed E-state index contributed by atoms with van der Waals surface area (Å²) in [6, 6.07) is 6.37. The molecule has 28 heavy (non-hydrogen) atoms. The molecule has 0 fully saturated rings. The molecule has 2 rings (SSSR count). The van der Waals surface area contributed by atoms with Crippen molar-refractivity contribution in [3.8, 4) is 0 Å². The van der Waals surface area contributed by atoms with Gasteiger partial charge < -0.3 is 4.57 Å². The highest BCUT2D eigenvalue weighted by Gasteiger charge is 2.09. The van der Waals surface area contributed by atoms with Crippen LogP contribution in [-0.2, 0) is 6.54 Å². The van der Waals surface area contributed by atoms with Crippen molar-refractivity contribution < 1.29 is 0 Å². The Labute approximate surface area is 181 Å². The van der Waals surface area contributed by atoms with Crippen molar-refractivity contribution in [2.45, 2.75) is 117 Å². The predicted molar refractivity (Wildman–Crippen MR) is 127 cm³/mol. The number of unbranched alkanes of at least 4 members (excludes halogenated alkanes) is 14. The number of benzene rings is 1. The fourth-order valence-corrected chi connectivity index (χ4v) is 4.60. The molecule has 1 aromatic heterocycles.